The molecule has 1 aliphatic heterocycles. The standard InChI is InChI=1S/C26H30N4O4/c1-3-6-18-7-4-8-19(13-18)23-16-24(28-26(32)20-14-25(31)27-17-20)29-30(23)21-9-5-10-22(15-21)34-12-11-33-2/h4-5,7-10,13,15-16,20H,3,6,11-12,14,17H2,1-2H3,(H,27,31)(H,28,29,32)/t20-/m0/s1. The molecular formula is C26H30N4O4. The monoisotopic (exact) mass is 462 g/mol. The zero-order chi connectivity index (χ0) is 23.9. The first-order valence-corrected chi connectivity index (χ1v) is 11.6. The third-order valence-corrected chi connectivity index (χ3v) is 5.69. The van der Waals surface area contributed by atoms with Crippen molar-refractivity contribution >= 4 is 17.6 Å². The second-order valence-corrected chi connectivity index (χ2v) is 8.31. The molecule has 8 nitrogen and oxygen atoms in total. The van der Waals surface area contributed by atoms with Crippen LogP contribution in [0, 0.1) is 5.92 Å². The highest BCUT2D eigenvalue weighted by molar-refractivity contribution is 5.97. The Bertz CT molecular complexity index is 1160. The van der Waals surface area contributed by atoms with Gasteiger partial charge in [0, 0.05) is 37.8 Å². The smallest absolute Gasteiger partial charge is 0.230 e. The van der Waals surface area contributed by atoms with E-state index in [1.54, 1.807) is 7.11 Å². The number of rotatable bonds is 10. The largest absolute Gasteiger partial charge is 0.491 e. The van der Waals surface area contributed by atoms with Gasteiger partial charge in [0.15, 0.2) is 5.82 Å². The molecule has 1 atom stereocenters. The van der Waals surface area contributed by atoms with Crippen LogP contribution >= 0.6 is 0 Å². The van der Waals surface area contributed by atoms with Crippen LogP contribution in [0.3, 0.4) is 0 Å². The maximum Gasteiger partial charge on any atom is 0.230 e. The second kappa shape index (κ2) is 11.0. The van der Waals surface area contributed by atoms with Crippen LogP contribution in [0.15, 0.2) is 54.6 Å². The summed E-state index contributed by atoms with van der Waals surface area (Å²) in [5, 5.41) is 10.3. The average molecular weight is 463 g/mol. The number of benzene rings is 2. The molecule has 4 rings (SSSR count). The number of nitrogens with zero attached hydrogens (tertiary/aromatic N) is 2. The van der Waals surface area contributed by atoms with E-state index >= 15 is 0 Å². The van der Waals surface area contributed by atoms with Crippen LogP contribution in [-0.2, 0) is 20.7 Å². The molecule has 0 radical (unpaired) electrons. The fourth-order valence-corrected chi connectivity index (χ4v) is 3.99. The summed E-state index contributed by atoms with van der Waals surface area (Å²) in [5.41, 5.74) is 3.90. The van der Waals surface area contributed by atoms with Crippen molar-refractivity contribution in [1.29, 1.82) is 0 Å². The molecule has 1 saturated heterocycles. The summed E-state index contributed by atoms with van der Waals surface area (Å²) in [4.78, 5) is 24.2. The van der Waals surface area contributed by atoms with Gasteiger partial charge in [0.2, 0.25) is 11.8 Å². The predicted octanol–water partition coefficient (Wildman–Crippen LogP) is 3.59. The van der Waals surface area contributed by atoms with Crippen molar-refractivity contribution in [1.82, 2.24) is 15.1 Å². The Morgan fingerprint density at radius 3 is 2.79 bits per heavy atom. The molecule has 0 saturated carbocycles. The summed E-state index contributed by atoms with van der Waals surface area (Å²) in [6.07, 6.45) is 2.23. The Hall–Kier alpha value is -3.65. The SMILES string of the molecule is CCCc1cccc(-c2cc(NC(=O)[C@@H]3CNC(=O)C3)nn2-c2cccc(OCCOC)c2)c1. The lowest BCUT2D eigenvalue weighted by molar-refractivity contribution is -0.123. The maximum absolute atomic E-state index is 12.7. The van der Waals surface area contributed by atoms with E-state index in [0.29, 0.717) is 31.3 Å². The van der Waals surface area contributed by atoms with E-state index in [0.717, 1.165) is 29.8 Å². The first kappa shape index (κ1) is 23.5. The fourth-order valence-electron chi connectivity index (χ4n) is 3.99. The van der Waals surface area contributed by atoms with E-state index in [2.05, 4.69) is 29.7 Å². The van der Waals surface area contributed by atoms with Gasteiger partial charge >= 0.3 is 0 Å². The number of carbonyl (C=O) groups is 2. The summed E-state index contributed by atoms with van der Waals surface area (Å²) in [5.74, 6) is 0.421. The Balaban J connectivity index is 1.68. The molecule has 2 aromatic carbocycles. The van der Waals surface area contributed by atoms with E-state index in [1.165, 1.54) is 5.56 Å². The summed E-state index contributed by atoms with van der Waals surface area (Å²) < 4.78 is 12.7. The van der Waals surface area contributed by atoms with Crippen molar-refractivity contribution in [3.63, 3.8) is 0 Å². The molecule has 1 fully saturated rings. The number of nitrogens with one attached hydrogen (secondary N) is 2. The number of ether oxygens (including phenoxy) is 2. The van der Waals surface area contributed by atoms with Gasteiger partial charge in [-0.3, -0.25) is 9.59 Å². The molecule has 2 amide bonds. The highest BCUT2D eigenvalue weighted by atomic mass is 16.5. The Morgan fingerprint density at radius 1 is 1.18 bits per heavy atom. The molecule has 178 valence electrons. The number of methoxy groups -OCH3 is 1. The van der Waals surface area contributed by atoms with Crippen LogP contribution in [0.2, 0.25) is 0 Å². The number of carbonyl (C=O) groups excluding carboxylic acids is 2. The molecule has 8 heteroatoms. The molecule has 2 heterocycles. The molecule has 3 aromatic rings. The maximum atomic E-state index is 12.7. The highest BCUT2D eigenvalue weighted by Gasteiger charge is 2.28. The van der Waals surface area contributed by atoms with E-state index in [9.17, 15) is 9.59 Å². The molecule has 0 aliphatic carbocycles. The zero-order valence-corrected chi connectivity index (χ0v) is 19.5. The third-order valence-electron chi connectivity index (χ3n) is 5.69. The highest BCUT2D eigenvalue weighted by Crippen LogP contribution is 2.29. The number of amides is 2. The van der Waals surface area contributed by atoms with Crippen LogP contribution in [0.4, 0.5) is 5.82 Å². The molecule has 0 spiro atoms. The van der Waals surface area contributed by atoms with Crippen LogP contribution in [0.1, 0.15) is 25.3 Å². The Labute approximate surface area is 199 Å². The molecule has 34 heavy (non-hydrogen) atoms. The predicted molar refractivity (Wildman–Crippen MR) is 130 cm³/mol. The quantitative estimate of drug-likeness (QED) is 0.449. The van der Waals surface area contributed by atoms with Gasteiger partial charge in [0.25, 0.3) is 0 Å². The number of aryl methyl sites for hydroxylation is 1. The molecule has 1 aromatic heterocycles. The lowest BCUT2D eigenvalue weighted by Gasteiger charge is -2.11. The van der Waals surface area contributed by atoms with Crippen LogP contribution in [0.5, 0.6) is 5.75 Å². The van der Waals surface area contributed by atoms with Crippen molar-refractivity contribution in [3.8, 4) is 22.7 Å². The minimum absolute atomic E-state index is 0.107. The van der Waals surface area contributed by atoms with Gasteiger partial charge in [-0.25, -0.2) is 4.68 Å². The van der Waals surface area contributed by atoms with Gasteiger partial charge in [0.05, 0.1) is 23.9 Å². The molecule has 1 aliphatic rings. The second-order valence-electron chi connectivity index (χ2n) is 8.31. The third kappa shape index (κ3) is 5.63. The number of anilines is 1. The van der Waals surface area contributed by atoms with Crippen LogP contribution in [-0.4, -0.2) is 48.5 Å². The topological polar surface area (TPSA) is 94.5 Å². The summed E-state index contributed by atoms with van der Waals surface area (Å²) >= 11 is 0. The lowest BCUT2D eigenvalue weighted by atomic mass is 10.0. The number of hydrogen-bond acceptors (Lipinski definition) is 5. The van der Waals surface area contributed by atoms with E-state index in [-0.39, 0.29) is 18.2 Å². The normalized spacial score (nSPS) is 15.2. The molecule has 0 bridgehead atoms. The van der Waals surface area contributed by atoms with Gasteiger partial charge < -0.3 is 20.1 Å². The lowest BCUT2D eigenvalue weighted by Crippen LogP contribution is -2.24. The van der Waals surface area contributed by atoms with Gasteiger partial charge in [-0.2, -0.15) is 0 Å². The van der Waals surface area contributed by atoms with Crippen molar-refractivity contribution in [3.05, 3.63) is 60.2 Å². The summed E-state index contributed by atoms with van der Waals surface area (Å²) in [6.45, 7) is 3.44. The Morgan fingerprint density at radius 2 is 2.03 bits per heavy atom. The molecular weight excluding hydrogens is 432 g/mol. The molecule has 0 unspecified atom stereocenters. The minimum Gasteiger partial charge on any atom is -0.491 e. The zero-order valence-electron chi connectivity index (χ0n) is 19.5. The summed E-state index contributed by atoms with van der Waals surface area (Å²) in [7, 11) is 1.63. The number of hydrogen-bond donors (Lipinski definition) is 2. The number of aromatic nitrogens is 2. The van der Waals surface area contributed by atoms with E-state index in [4.69, 9.17) is 14.6 Å². The average Bonchev–Trinajstić information content (AvgIpc) is 3.46. The van der Waals surface area contributed by atoms with E-state index in [1.807, 2.05) is 47.1 Å². The van der Waals surface area contributed by atoms with Crippen molar-refractivity contribution in [2.45, 2.75) is 26.2 Å². The van der Waals surface area contributed by atoms with Gasteiger partial charge in [-0.05, 0) is 30.2 Å². The summed E-state index contributed by atoms with van der Waals surface area (Å²) in [6, 6.07) is 17.9. The first-order valence-electron chi connectivity index (χ1n) is 11.6. The van der Waals surface area contributed by atoms with E-state index < -0.39 is 5.92 Å². The van der Waals surface area contributed by atoms with Crippen LogP contribution in [0.25, 0.3) is 16.9 Å². The van der Waals surface area contributed by atoms with Crippen molar-refractivity contribution in [2.24, 2.45) is 5.92 Å². The Kier molecular flexibility index (Phi) is 7.59. The van der Waals surface area contributed by atoms with Gasteiger partial charge in [-0.1, -0.05) is 37.6 Å². The fraction of sp³-hybridized carbons (Fsp3) is 0.346. The van der Waals surface area contributed by atoms with Crippen molar-refractivity contribution < 1.29 is 19.1 Å². The van der Waals surface area contributed by atoms with Gasteiger partial charge in [-0.15, -0.1) is 5.10 Å². The van der Waals surface area contributed by atoms with Crippen molar-refractivity contribution in [2.75, 3.05) is 32.2 Å². The molecule has 2 N–H and O–H groups in total. The van der Waals surface area contributed by atoms with Crippen LogP contribution < -0.4 is 15.4 Å². The van der Waals surface area contributed by atoms with Gasteiger partial charge in [0.1, 0.15) is 12.4 Å². The minimum atomic E-state index is -0.397. The first-order chi connectivity index (χ1) is 16.6.